The fraction of sp³-hybridized carbons (Fsp3) is 0.917. The van der Waals surface area contributed by atoms with Gasteiger partial charge in [0.25, 0.3) is 0 Å². The van der Waals surface area contributed by atoms with E-state index < -0.39 is 11.5 Å². The minimum atomic E-state index is -0.798. The number of carboxylic acid groups (broad SMARTS) is 1. The van der Waals surface area contributed by atoms with Gasteiger partial charge in [0.1, 0.15) is 5.54 Å². The number of hydrogen-bond acceptors (Lipinski definition) is 3. The van der Waals surface area contributed by atoms with Crippen molar-refractivity contribution in [2.45, 2.75) is 45.1 Å². The number of nitrogens with zero attached hydrogens (tertiary/aromatic N) is 1. The van der Waals surface area contributed by atoms with Crippen molar-refractivity contribution in [2.24, 2.45) is 0 Å². The highest BCUT2D eigenvalue weighted by Crippen LogP contribution is 2.14. The Morgan fingerprint density at radius 3 is 2.50 bits per heavy atom. The van der Waals surface area contributed by atoms with Crippen molar-refractivity contribution in [2.75, 3.05) is 26.2 Å². The number of nitrogens with one attached hydrogen (secondary N) is 1. The van der Waals surface area contributed by atoms with Crippen molar-refractivity contribution in [3.63, 3.8) is 0 Å². The SMILES string of the molecule is CCCNC(C)(CN1CCCCC1)C(=O)O. The molecule has 1 aliphatic rings. The molecule has 1 fully saturated rings. The Bertz CT molecular complexity index is 227. The topological polar surface area (TPSA) is 52.6 Å². The van der Waals surface area contributed by atoms with Gasteiger partial charge in [-0.3, -0.25) is 4.79 Å². The van der Waals surface area contributed by atoms with Crippen molar-refractivity contribution in [1.29, 1.82) is 0 Å². The van der Waals surface area contributed by atoms with E-state index in [0.29, 0.717) is 6.54 Å². The molecule has 0 amide bonds. The van der Waals surface area contributed by atoms with Gasteiger partial charge in [-0.1, -0.05) is 13.3 Å². The molecule has 1 heterocycles. The Balaban J connectivity index is 2.51. The van der Waals surface area contributed by atoms with Crippen LogP contribution in [0.1, 0.15) is 39.5 Å². The number of rotatable bonds is 6. The highest BCUT2D eigenvalue weighted by Gasteiger charge is 2.34. The van der Waals surface area contributed by atoms with Gasteiger partial charge in [0.2, 0.25) is 0 Å². The van der Waals surface area contributed by atoms with Crippen molar-refractivity contribution >= 4 is 5.97 Å². The van der Waals surface area contributed by atoms with Gasteiger partial charge in [-0.25, -0.2) is 0 Å². The van der Waals surface area contributed by atoms with E-state index >= 15 is 0 Å². The molecule has 0 aliphatic carbocycles. The average Bonchev–Trinajstić information content (AvgIpc) is 2.27. The summed E-state index contributed by atoms with van der Waals surface area (Å²) in [6.07, 6.45) is 4.64. The maximum atomic E-state index is 11.3. The summed E-state index contributed by atoms with van der Waals surface area (Å²) in [4.78, 5) is 13.6. The first-order chi connectivity index (χ1) is 7.58. The van der Waals surface area contributed by atoms with Gasteiger partial charge in [-0.2, -0.15) is 0 Å². The molecule has 2 N–H and O–H groups in total. The monoisotopic (exact) mass is 228 g/mol. The van der Waals surface area contributed by atoms with Crippen LogP contribution in [0, 0.1) is 0 Å². The van der Waals surface area contributed by atoms with E-state index in [4.69, 9.17) is 0 Å². The van der Waals surface area contributed by atoms with Crippen LogP contribution in [0.2, 0.25) is 0 Å². The van der Waals surface area contributed by atoms with Crippen molar-refractivity contribution in [1.82, 2.24) is 10.2 Å². The maximum Gasteiger partial charge on any atom is 0.324 e. The Kier molecular flexibility index (Phi) is 5.22. The first-order valence-corrected chi connectivity index (χ1v) is 6.29. The summed E-state index contributed by atoms with van der Waals surface area (Å²) in [5, 5.41) is 12.5. The number of aliphatic carboxylic acids is 1. The Labute approximate surface area is 98.0 Å². The Morgan fingerprint density at radius 2 is 2.00 bits per heavy atom. The van der Waals surface area contributed by atoms with Crippen molar-refractivity contribution in [3.05, 3.63) is 0 Å². The van der Waals surface area contributed by atoms with Crippen LogP contribution in [0.3, 0.4) is 0 Å². The molecule has 16 heavy (non-hydrogen) atoms. The summed E-state index contributed by atoms with van der Waals surface area (Å²) in [7, 11) is 0. The standard InChI is InChI=1S/C12H24N2O2/c1-3-7-13-12(2,11(15)16)10-14-8-5-4-6-9-14/h13H,3-10H2,1-2H3,(H,15,16). The van der Waals surface area contributed by atoms with E-state index in [1.165, 1.54) is 19.3 Å². The number of carboxylic acids is 1. The molecule has 0 aromatic heterocycles. The summed E-state index contributed by atoms with van der Waals surface area (Å²) >= 11 is 0. The molecule has 4 nitrogen and oxygen atoms in total. The van der Waals surface area contributed by atoms with Crippen LogP contribution in [0.15, 0.2) is 0 Å². The van der Waals surface area contributed by atoms with Gasteiger partial charge in [0.05, 0.1) is 0 Å². The summed E-state index contributed by atoms with van der Waals surface area (Å²) in [5.74, 6) is -0.744. The van der Waals surface area contributed by atoms with Gasteiger partial charge in [-0.15, -0.1) is 0 Å². The molecule has 1 saturated heterocycles. The molecular formula is C12H24N2O2. The normalized spacial score (nSPS) is 21.6. The predicted octanol–water partition coefficient (Wildman–Crippen LogP) is 1.32. The van der Waals surface area contributed by atoms with E-state index in [-0.39, 0.29) is 0 Å². The average molecular weight is 228 g/mol. The highest BCUT2D eigenvalue weighted by molar-refractivity contribution is 5.78. The molecule has 1 atom stereocenters. The summed E-state index contributed by atoms with van der Waals surface area (Å²) < 4.78 is 0. The first kappa shape index (κ1) is 13.5. The van der Waals surface area contributed by atoms with Crippen LogP contribution in [0.5, 0.6) is 0 Å². The lowest BCUT2D eigenvalue weighted by Gasteiger charge is -2.35. The molecule has 1 rings (SSSR count). The number of piperidine rings is 1. The van der Waals surface area contributed by atoms with Gasteiger partial charge in [-0.05, 0) is 45.8 Å². The number of likely N-dealkylation sites (tertiary alicyclic amines) is 1. The van der Waals surface area contributed by atoms with E-state index in [1.807, 2.05) is 0 Å². The molecule has 0 aromatic rings. The summed E-state index contributed by atoms with van der Waals surface area (Å²) in [5.41, 5.74) is -0.798. The van der Waals surface area contributed by atoms with Gasteiger partial charge < -0.3 is 15.3 Å². The largest absolute Gasteiger partial charge is 0.480 e. The van der Waals surface area contributed by atoms with Crippen LogP contribution in [0.25, 0.3) is 0 Å². The Morgan fingerprint density at radius 1 is 1.38 bits per heavy atom. The van der Waals surface area contributed by atoms with Gasteiger partial charge in [0, 0.05) is 6.54 Å². The third-order valence-electron chi connectivity index (χ3n) is 3.23. The van der Waals surface area contributed by atoms with Crippen LogP contribution < -0.4 is 5.32 Å². The molecule has 0 saturated carbocycles. The lowest BCUT2D eigenvalue weighted by atomic mass is 10.00. The first-order valence-electron chi connectivity index (χ1n) is 6.29. The lowest BCUT2D eigenvalue weighted by molar-refractivity contribution is -0.145. The quantitative estimate of drug-likeness (QED) is 0.720. The van der Waals surface area contributed by atoms with Crippen LogP contribution in [-0.4, -0.2) is 47.7 Å². The van der Waals surface area contributed by atoms with E-state index in [9.17, 15) is 9.90 Å². The highest BCUT2D eigenvalue weighted by atomic mass is 16.4. The molecule has 0 spiro atoms. The van der Waals surface area contributed by atoms with Gasteiger partial charge in [0.15, 0.2) is 0 Å². The number of carbonyl (C=O) groups is 1. The third-order valence-corrected chi connectivity index (χ3v) is 3.23. The van der Waals surface area contributed by atoms with E-state index in [1.54, 1.807) is 6.92 Å². The minimum Gasteiger partial charge on any atom is -0.480 e. The van der Waals surface area contributed by atoms with Crippen molar-refractivity contribution in [3.8, 4) is 0 Å². The maximum absolute atomic E-state index is 11.3. The zero-order chi connectivity index (χ0) is 12.0. The fourth-order valence-electron chi connectivity index (χ4n) is 2.16. The van der Waals surface area contributed by atoms with Crippen LogP contribution in [0.4, 0.5) is 0 Å². The fourth-order valence-corrected chi connectivity index (χ4v) is 2.16. The zero-order valence-corrected chi connectivity index (χ0v) is 10.5. The second-order valence-corrected chi connectivity index (χ2v) is 4.90. The summed E-state index contributed by atoms with van der Waals surface area (Å²) in [6.45, 7) is 7.29. The minimum absolute atomic E-state index is 0.613. The molecule has 0 aromatic carbocycles. The smallest absolute Gasteiger partial charge is 0.324 e. The van der Waals surface area contributed by atoms with Crippen LogP contribution >= 0.6 is 0 Å². The number of hydrogen-bond donors (Lipinski definition) is 2. The predicted molar refractivity (Wildman–Crippen MR) is 64.6 cm³/mol. The molecule has 94 valence electrons. The Hall–Kier alpha value is -0.610. The van der Waals surface area contributed by atoms with E-state index in [2.05, 4.69) is 17.1 Å². The molecular weight excluding hydrogens is 204 g/mol. The zero-order valence-electron chi connectivity index (χ0n) is 10.5. The summed E-state index contributed by atoms with van der Waals surface area (Å²) in [6, 6.07) is 0. The van der Waals surface area contributed by atoms with Crippen LogP contribution in [-0.2, 0) is 4.79 Å². The lowest BCUT2D eigenvalue weighted by Crippen LogP contribution is -2.57. The van der Waals surface area contributed by atoms with Crippen molar-refractivity contribution < 1.29 is 9.90 Å². The molecule has 1 aliphatic heterocycles. The molecule has 0 bridgehead atoms. The second kappa shape index (κ2) is 6.21. The van der Waals surface area contributed by atoms with Gasteiger partial charge >= 0.3 is 5.97 Å². The molecule has 4 heteroatoms. The second-order valence-electron chi connectivity index (χ2n) is 4.90. The van der Waals surface area contributed by atoms with E-state index in [0.717, 1.165) is 26.1 Å². The molecule has 0 radical (unpaired) electrons. The molecule has 1 unspecified atom stereocenters. The third kappa shape index (κ3) is 3.76.